The Balaban J connectivity index is 1.77. The van der Waals surface area contributed by atoms with Gasteiger partial charge in [-0.15, -0.1) is 0 Å². The number of nitrogen functional groups attached to an aromatic ring is 1. The summed E-state index contributed by atoms with van der Waals surface area (Å²) in [5.74, 6) is -0.0206. The Morgan fingerprint density at radius 1 is 1.47 bits per heavy atom. The van der Waals surface area contributed by atoms with Crippen LogP contribution in [0.2, 0.25) is 0 Å². The van der Waals surface area contributed by atoms with Gasteiger partial charge in [-0.05, 0) is 26.3 Å². The van der Waals surface area contributed by atoms with Crippen LogP contribution in [0.4, 0.5) is 5.69 Å². The number of rotatable bonds is 1. The highest BCUT2D eigenvalue weighted by Crippen LogP contribution is 2.25. The second-order valence-corrected chi connectivity index (χ2v) is 5.65. The van der Waals surface area contributed by atoms with Crippen LogP contribution in [-0.2, 0) is 0 Å². The minimum absolute atomic E-state index is 0.0206. The maximum atomic E-state index is 12.5. The number of nitrogens with two attached hydrogens (primary N) is 1. The van der Waals surface area contributed by atoms with Gasteiger partial charge < -0.3 is 10.6 Å². The molecule has 2 saturated heterocycles. The molecule has 0 saturated carbocycles. The summed E-state index contributed by atoms with van der Waals surface area (Å²) in [5, 5.41) is 6.55. The molecule has 0 radical (unpaired) electrons. The molecule has 2 aliphatic rings. The molecule has 6 nitrogen and oxygen atoms in total. The predicted molar refractivity (Wildman–Crippen MR) is 72.7 cm³/mol. The highest BCUT2D eigenvalue weighted by atomic mass is 16.2. The molecule has 2 fully saturated rings. The first-order valence-electron chi connectivity index (χ1n) is 7.00. The predicted octanol–water partition coefficient (Wildman–Crippen LogP) is 0.691. The van der Waals surface area contributed by atoms with Gasteiger partial charge in [0.15, 0.2) is 0 Å². The zero-order valence-corrected chi connectivity index (χ0v) is 11.3. The lowest BCUT2D eigenvalue weighted by Gasteiger charge is -2.47. The van der Waals surface area contributed by atoms with Crippen molar-refractivity contribution in [2.45, 2.75) is 38.3 Å². The number of piperazine rings is 1. The zero-order chi connectivity index (χ0) is 13.4. The maximum Gasteiger partial charge on any atom is 0.274 e. The Hall–Kier alpha value is -1.56. The van der Waals surface area contributed by atoms with Gasteiger partial charge in [0.25, 0.3) is 5.91 Å². The summed E-state index contributed by atoms with van der Waals surface area (Å²) in [6.07, 6.45) is 5.23. The van der Waals surface area contributed by atoms with Crippen LogP contribution in [-0.4, -0.2) is 57.6 Å². The van der Waals surface area contributed by atoms with E-state index in [2.05, 4.69) is 22.0 Å². The van der Waals surface area contributed by atoms with Crippen LogP contribution in [0.1, 0.15) is 36.7 Å². The summed E-state index contributed by atoms with van der Waals surface area (Å²) in [6.45, 7) is 5.04. The van der Waals surface area contributed by atoms with Crippen LogP contribution in [0.25, 0.3) is 0 Å². The molecule has 0 bridgehead atoms. The zero-order valence-electron chi connectivity index (χ0n) is 11.3. The van der Waals surface area contributed by atoms with E-state index >= 15 is 0 Å². The molecule has 104 valence electrons. The maximum absolute atomic E-state index is 12.5. The van der Waals surface area contributed by atoms with E-state index in [9.17, 15) is 4.79 Å². The molecular weight excluding hydrogens is 242 g/mol. The SMILES string of the molecule is CC1CN2CCCCC2CN1C(=O)c1[nH]ncc1N. The van der Waals surface area contributed by atoms with E-state index < -0.39 is 0 Å². The minimum atomic E-state index is -0.0206. The fourth-order valence-corrected chi connectivity index (χ4v) is 3.25. The van der Waals surface area contributed by atoms with Gasteiger partial charge in [-0.2, -0.15) is 5.10 Å². The summed E-state index contributed by atoms with van der Waals surface area (Å²) in [5.41, 5.74) is 6.63. The molecule has 3 heterocycles. The summed E-state index contributed by atoms with van der Waals surface area (Å²) in [7, 11) is 0. The molecule has 2 unspecified atom stereocenters. The van der Waals surface area contributed by atoms with Crippen LogP contribution in [0, 0.1) is 0 Å². The largest absolute Gasteiger partial charge is 0.396 e. The lowest BCUT2D eigenvalue weighted by atomic mass is 9.97. The molecule has 1 aromatic heterocycles. The van der Waals surface area contributed by atoms with Crippen molar-refractivity contribution >= 4 is 11.6 Å². The lowest BCUT2D eigenvalue weighted by Crippen LogP contribution is -2.60. The van der Waals surface area contributed by atoms with Crippen molar-refractivity contribution in [1.29, 1.82) is 0 Å². The van der Waals surface area contributed by atoms with Crippen molar-refractivity contribution in [1.82, 2.24) is 20.0 Å². The van der Waals surface area contributed by atoms with Gasteiger partial charge in [-0.1, -0.05) is 6.42 Å². The number of nitrogens with one attached hydrogen (secondary N) is 1. The molecular formula is C13H21N5O. The van der Waals surface area contributed by atoms with Gasteiger partial charge in [0.2, 0.25) is 0 Å². The Labute approximate surface area is 112 Å². The van der Waals surface area contributed by atoms with Crippen molar-refractivity contribution in [2.75, 3.05) is 25.4 Å². The van der Waals surface area contributed by atoms with Crippen molar-refractivity contribution in [3.05, 3.63) is 11.9 Å². The molecule has 1 amide bonds. The summed E-state index contributed by atoms with van der Waals surface area (Å²) < 4.78 is 0. The minimum Gasteiger partial charge on any atom is -0.396 e. The molecule has 6 heteroatoms. The van der Waals surface area contributed by atoms with E-state index in [0.717, 1.165) is 13.1 Å². The first kappa shape index (κ1) is 12.5. The second-order valence-electron chi connectivity index (χ2n) is 5.65. The number of aromatic nitrogens is 2. The number of piperidine rings is 1. The standard InChI is InChI=1S/C13H21N5O/c1-9-7-17-5-3-2-4-10(17)8-18(9)13(19)12-11(14)6-15-16-12/h6,9-10H,2-5,7-8,14H2,1H3,(H,15,16). The summed E-state index contributed by atoms with van der Waals surface area (Å²) >= 11 is 0. The average Bonchev–Trinajstić information content (AvgIpc) is 2.83. The van der Waals surface area contributed by atoms with E-state index in [1.165, 1.54) is 32.0 Å². The fraction of sp³-hybridized carbons (Fsp3) is 0.692. The number of hydrogen-bond donors (Lipinski definition) is 2. The quantitative estimate of drug-likeness (QED) is 0.781. The molecule has 1 aromatic rings. The van der Waals surface area contributed by atoms with Crippen LogP contribution in [0.5, 0.6) is 0 Å². The molecule has 2 aliphatic heterocycles. The fourth-order valence-electron chi connectivity index (χ4n) is 3.25. The van der Waals surface area contributed by atoms with E-state index in [1.54, 1.807) is 0 Å². The van der Waals surface area contributed by atoms with Gasteiger partial charge in [-0.3, -0.25) is 14.8 Å². The molecule has 0 aliphatic carbocycles. The first-order valence-corrected chi connectivity index (χ1v) is 7.00. The number of aromatic amines is 1. The number of anilines is 1. The number of carbonyl (C=O) groups excluding carboxylic acids is 1. The second kappa shape index (κ2) is 4.85. The van der Waals surface area contributed by atoms with Crippen LogP contribution in [0.3, 0.4) is 0 Å². The Morgan fingerprint density at radius 3 is 3.05 bits per heavy atom. The molecule has 3 rings (SSSR count). The van der Waals surface area contributed by atoms with E-state index in [0.29, 0.717) is 17.4 Å². The monoisotopic (exact) mass is 263 g/mol. The third-order valence-corrected chi connectivity index (χ3v) is 4.33. The van der Waals surface area contributed by atoms with Crippen LogP contribution in [0.15, 0.2) is 6.20 Å². The topological polar surface area (TPSA) is 78.2 Å². The summed E-state index contributed by atoms with van der Waals surface area (Å²) in [6, 6.07) is 0.739. The molecule has 0 aromatic carbocycles. The van der Waals surface area contributed by atoms with Crippen LogP contribution >= 0.6 is 0 Å². The highest BCUT2D eigenvalue weighted by molar-refractivity contribution is 5.97. The lowest BCUT2D eigenvalue weighted by molar-refractivity contribution is 0.0148. The number of fused-ring (bicyclic) bond motifs is 1. The normalized spacial score (nSPS) is 28.2. The molecule has 2 atom stereocenters. The van der Waals surface area contributed by atoms with E-state index in [-0.39, 0.29) is 11.9 Å². The van der Waals surface area contributed by atoms with Gasteiger partial charge in [0.1, 0.15) is 5.69 Å². The third kappa shape index (κ3) is 2.20. The Bertz CT molecular complexity index is 471. The van der Waals surface area contributed by atoms with Crippen molar-refractivity contribution < 1.29 is 4.79 Å². The third-order valence-electron chi connectivity index (χ3n) is 4.33. The highest BCUT2D eigenvalue weighted by Gasteiger charge is 2.36. The molecule has 19 heavy (non-hydrogen) atoms. The van der Waals surface area contributed by atoms with E-state index in [1.807, 2.05) is 4.90 Å². The van der Waals surface area contributed by atoms with Crippen molar-refractivity contribution in [3.63, 3.8) is 0 Å². The van der Waals surface area contributed by atoms with Gasteiger partial charge in [0.05, 0.1) is 11.9 Å². The van der Waals surface area contributed by atoms with Crippen molar-refractivity contribution in [2.24, 2.45) is 0 Å². The average molecular weight is 263 g/mol. The summed E-state index contributed by atoms with van der Waals surface area (Å²) in [4.78, 5) is 17.0. The number of hydrogen-bond acceptors (Lipinski definition) is 4. The first-order chi connectivity index (χ1) is 9.16. The Morgan fingerprint density at radius 2 is 2.32 bits per heavy atom. The Kier molecular flexibility index (Phi) is 3.18. The number of amides is 1. The number of H-pyrrole nitrogens is 1. The van der Waals surface area contributed by atoms with Crippen LogP contribution < -0.4 is 5.73 Å². The van der Waals surface area contributed by atoms with Crippen molar-refractivity contribution in [3.8, 4) is 0 Å². The smallest absolute Gasteiger partial charge is 0.274 e. The number of nitrogens with zero attached hydrogens (tertiary/aromatic N) is 3. The van der Waals surface area contributed by atoms with Gasteiger partial charge in [0, 0.05) is 25.2 Å². The van der Waals surface area contributed by atoms with Gasteiger partial charge >= 0.3 is 0 Å². The number of carbonyl (C=O) groups is 1. The molecule has 3 N–H and O–H groups in total. The van der Waals surface area contributed by atoms with Gasteiger partial charge in [-0.25, -0.2) is 0 Å². The van der Waals surface area contributed by atoms with E-state index in [4.69, 9.17) is 5.73 Å². The molecule has 0 spiro atoms.